The van der Waals surface area contributed by atoms with Crippen molar-refractivity contribution in [3.05, 3.63) is 40.6 Å². The van der Waals surface area contributed by atoms with E-state index in [4.69, 9.17) is 23.7 Å². The third-order valence-electron chi connectivity index (χ3n) is 5.95. The van der Waals surface area contributed by atoms with Gasteiger partial charge in [0.25, 0.3) is 0 Å². The van der Waals surface area contributed by atoms with Crippen LogP contribution in [0.15, 0.2) is 39.5 Å². The fourth-order valence-corrected chi connectivity index (χ4v) is 4.01. The van der Waals surface area contributed by atoms with Crippen LogP contribution in [0.5, 0.6) is 28.7 Å². The number of carbonyl (C=O) groups excluding carboxylic acids is 1. The fourth-order valence-electron chi connectivity index (χ4n) is 4.01. The molecule has 1 aliphatic heterocycles. The van der Waals surface area contributed by atoms with Gasteiger partial charge in [0.2, 0.25) is 17.5 Å². The van der Waals surface area contributed by atoms with Gasteiger partial charge in [0.15, 0.2) is 23.0 Å². The molecule has 8 N–H and O–H groups in total. The van der Waals surface area contributed by atoms with Gasteiger partial charge in [0, 0.05) is 17.7 Å². The van der Waals surface area contributed by atoms with Crippen molar-refractivity contribution in [3.8, 4) is 40.1 Å². The Bertz CT molecular complexity index is 1500. The zero-order valence-electron chi connectivity index (χ0n) is 20.3. The van der Waals surface area contributed by atoms with Crippen molar-refractivity contribution in [2.45, 2.75) is 37.1 Å². The smallest absolute Gasteiger partial charge is 0.310 e. The number of ketones is 1. The molecule has 3 aromatic rings. The highest BCUT2D eigenvalue weighted by molar-refractivity contribution is 5.95. The minimum Gasteiger partial charge on any atom is -0.508 e. The summed E-state index contributed by atoms with van der Waals surface area (Å²) in [5.41, 5.74) is -1.35. The molecule has 214 valence electrons. The van der Waals surface area contributed by atoms with Gasteiger partial charge in [0.1, 0.15) is 59.9 Å². The second-order valence-electron chi connectivity index (χ2n) is 8.89. The standard InChI is InChI=1S/C25H24O15/c26-10-4-14(30)18-15(5-10)38-23(9-1-2-12(28)13(29)3-9)24(20(18)34)40-25-22(36)21(35)19(33)16(39-25)8-37-7-11(27)6-17(31)32/h1-5,16,19,21-22,25-26,28-30,33,35-36H,6-8H2,(H,31,32). The zero-order chi connectivity index (χ0) is 29.3. The monoisotopic (exact) mass is 564 g/mol. The molecule has 0 radical (unpaired) electrons. The normalized spacial score (nSPS) is 22.7. The number of phenols is 4. The number of ether oxygens (including phenoxy) is 3. The number of carbonyl (C=O) groups is 2. The van der Waals surface area contributed by atoms with Crippen molar-refractivity contribution in [1.82, 2.24) is 0 Å². The molecule has 15 heteroatoms. The first-order valence-corrected chi connectivity index (χ1v) is 11.6. The van der Waals surface area contributed by atoms with Crippen LogP contribution in [-0.2, 0) is 19.1 Å². The number of aromatic hydroxyl groups is 4. The van der Waals surface area contributed by atoms with E-state index in [0.717, 1.165) is 24.3 Å². The molecule has 40 heavy (non-hydrogen) atoms. The Morgan fingerprint density at radius 1 is 0.900 bits per heavy atom. The number of phenolic OH excluding ortho intramolecular Hbond substituents is 4. The van der Waals surface area contributed by atoms with Crippen LogP contribution in [0.2, 0.25) is 0 Å². The van der Waals surface area contributed by atoms with E-state index in [1.807, 2.05) is 0 Å². The molecular weight excluding hydrogens is 540 g/mol. The van der Waals surface area contributed by atoms with Gasteiger partial charge in [-0.25, -0.2) is 0 Å². The third-order valence-corrected chi connectivity index (χ3v) is 5.95. The summed E-state index contributed by atoms with van der Waals surface area (Å²) < 4.78 is 21.9. The molecule has 1 aromatic heterocycles. The number of hydrogen-bond donors (Lipinski definition) is 8. The number of aliphatic hydroxyl groups is 3. The number of aliphatic carboxylic acids is 1. The summed E-state index contributed by atoms with van der Waals surface area (Å²) in [4.78, 5) is 35.7. The number of Topliss-reactive ketones (excluding diaryl/α,β-unsaturated/α-hetero) is 1. The van der Waals surface area contributed by atoms with E-state index < -0.39 is 107 Å². The SMILES string of the molecule is O=C(O)CC(=O)COCC1OC(Oc2c(-c3ccc(O)c(O)c3)oc3cc(O)cc(O)c3c2=O)C(O)C(O)C1O. The number of carboxylic acids is 1. The number of aliphatic hydroxyl groups excluding tert-OH is 3. The summed E-state index contributed by atoms with van der Waals surface area (Å²) in [5, 5.41) is 79.2. The lowest BCUT2D eigenvalue weighted by Gasteiger charge is -2.40. The Balaban J connectivity index is 1.71. The second-order valence-corrected chi connectivity index (χ2v) is 8.89. The molecule has 0 amide bonds. The molecule has 0 aliphatic carbocycles. The van der Waals surface area contributed by atoms with E-state index in [1.54, 1.807) is 0 Å². The molecule has 0 saturated carbocycles. The topological polar surface area (TPSA) is 254 Å². The Labute approximate surface area is 223 Å². The summed E-state index contributed by atoms with van der Waals surface area (Å²) in [6, 6.07) is 5.20. The van der Waals surface area contributed by atoms with Crippen molar-refractivity contribution in [3.63, 3.8) is 0 Å². The Morgan fingerprint density at radius 3 is 2.30 bits per heavy atom. The summed E-state index contributed by atoms with van der Waals surface area (Å²) in [5.74, 6) is -5.50. The van der Waals surface area contributed by atoms with Crippen LogP contribution in [0, 0.1) is 0 Å². The van der Waals surface area contributed by atoms with Gasteiger partial charge in [-0.2, -0.15) is 0 Å². The van der Waals surface area contributed by atoms with Crippen LogP contribution in [0.3, 0.4) is 0 Å². The fraction of sp³-hybridized carbons (Fsp3) is 0.320. The highest BCUT2D eigenvalue weighted by atomic mass is 16.7. The maximum Gasteiger partial charge on any atom is 0.310 e. The van der Waals surface area contributed by atoms with Crippen molar-refractivity contribution in [2.24, 2.45) is 0 Å². The van der Waals surface area contributed by atoms with Gasteiger partial charge in [-0.1, -0.05) is 0 Å². The molecule has 1 saturated heterocycles. The van der Waals surface area contributed by atoms with E-state index in [1.165, 1.54) is 6.07 Å². The van der Waals surface area contributed by atoms with Gasteiger partial charge in [0.05, 0.1) is 6.61 Å². The summed E-state index contributed by atoms with van der Waals surface area (Å²) in [6.45, 7) is -1.21. The molecule has 4 rings (SSSR count). The predicted molar refractivity (Wildman–Crippen MR) is 130 cm³/mol. The summed E-state index contributed by atoms with van der Waals surface area (Å²) >= 11 is 0. The lowest BCUT2D eigenvalue weighted by Crippen LogP contribution is -2.60. The molecule has 1 fully saturated rings. The van der Waals surface area contributed by atoms with Gasteiger partial charge >= 0.3 is 5.97 Å². The van der Waals surface area contributed by atoms with Gasteiger partial charge in [-0.15, -0.1) is 0 Å². The summed E-state index contributed by atoms with van der Waals surface area (Å²) in [6.07, 6.45) is -9.71. The van der Waals surface area contributed by atoms with Crippen molar-refractivity contribution < 1.29 is 69.1 Å². The average molecular weight is 564 g/mol. The third kappa shape index (κ3) is 5.78. The molecule has 2 aromatic carbocycles. The molecule has 5 atom stereocenters. The number of carboxylic acid groups (broad SMARTS) is 1. The van der Waals surface area contributed by atoms with Gasteiger partial charge in [-0.3, -0.25) is 14.4 Å². The van der Waals surface area contributed by atoms with Crippen LogP contribution in [0.25, 0.3) is 22.3 Å². The molecular formula is C25H24O15. The lowest BCUT2D eigenvalue weighted by atomic mass is 9.99. The van der Waals surface area contributed by atoms with Crippen LogP contribution in [0.4, 0.5) is 0 Å². The van der Waals surface area contributed by atoms with Crippen LogP contribution in [-0.4, -0.2) is 96.5 Å². The van der Waals surface area contributed by atoms with Crippen molar-refractivity contribution in [2.75, 3.05) is 13.2 Å². The number of fused-ring (bicyclic) bond motifs is 1. The molecule has 0 spiro atoms. The number of benzene rings is 2. The minimum absolute atomic E-state index is 0.0326. The van der Waals surface area contributed by atoms with Crippen molar-refractivity contribution in [1.29, 1.82) is 0 Å². The highest BCUT2D eigenvalue weighted by Gasteiger charge is 2.46. The average Bonchev–Trinajstić information content (AvgIpc) is 2.87. The van der Waals surface area contributed by atoms with E-state index >= 15 is 0 Å². The van der Waals surface area contributed by atoms with Gasteiger partial charge < -0.3 is 59.5 Å². The van der Waals surface area contributed by atoms with E-state index in [-0.39, 0.29) is 11.1 Å². The first-order chi connectivity index (χ1) is 18.9. The van der Waals surface area contributed by atoms with Gasteiger partial charge in [-0.05, 0) is 18.2 Å². The van der Waals surface area contributed by atoms with Crippen LogP contribution in [0.1, 0.15) is 6.42 Å². The molecule has 0 bridgehead atoms. The van der Waals surface area contributed by atoms with E-state index in [2.05, 4.69) is 0 Å². The van der Waals surface area contributed by atoms with Crippen molar-refractivity contribution >= 4 is 22.7 Å². The zero-order valence-corrected chi connectivity index (χ0v) is 20.3. The second kappa shape index (κ2) is 11.4. The van der Waals surface area contributed by atoms with E-state index in [0.29, 0.717) is 0 Å². The maximum atomic E-state index is 13.5. The van der Waals surface area contributed by atoms with Crippen LogP contribution < -0.4 is 10.2 Å². The number of rotatable bonds is 9. The maximum absolute atomic E-state index is 13.5. The quantitative estimate of drug-likeness (QED) is 0.121. The Morgan fingerprint density at radius 2 is 1.62 bits per heavy atom. The first-order valence-electron chi connectivity index (χ1n) is 11.6. The minimum atomic E-state index is -1.95. The molecule has 15 nitrogen and oxygen atoms in total. The van der Waals surface area contributed by atoms with E-state index in [9.17, 15) is 50.1 Å². The van der Waals surface area contributed by atoms with Crippen LogP contribution >= 0.6 is 0 Å². The molecule has 5 unspecified atom stereocenters. The number of hydrogen-bond acceptors (Lipinski definition) is 14. The molecule has 1 aliphatic rings. The summed E-state index contributed by atoms with van der Waals surface area (Å²) in [7, 11) is 0. The first kappa shape index (κ1) is 28.6. The lowest BCUT2D eigenvalue weighted by molar-refractivity contribution is -0.279. The Kier molecular flexibility index (Phi) is 8.13. The molecule has 2 heterocycles. The highest BCUT2D eigenvalue weighted by Crippen LogP contribution is 2.39. The Hall–Kier alpha value is -4.41. The largest absolute Gasteiger partial charge is 0.508 e. The predicted octanol–water partition coefficient (Wildman–Crippen LogP) is -0.471.